The SMILES string of the molecule is O=C(CO)N1CC=C(c2ccc(-c3nc4nc(O[C@@H]5CO[C@H]6[C@@H]5OC[C@H]6O)[nH]c4cc3Cl)cc2)CC1. The number of aromatic amines is 1. The topological polar surface area (TPSA) is 130 Å². The first kappa shape index (κ1) is 23.4. The number of H-pyrrole nitrogens is 1. The van der Waals surface area contributed by atoms with Gasteiger partial charge in [0.1, 0.15) is 24.9 Å². The van der Waals surface area contributed by atoms with E-state index in [9.17, 15) is 9.90 Å². The molecule has 1 aromatic carbocycles. The van der Waals surface area contributed by atoms with E-state index in [1.807, 2.05) is 30.3 Å². The molecule has 10 nitrogen and oxygen atoms in total. The highest BCUT2D eigenvalue weighted by Gasteiger charge is 2.48. The van der Waals surface area contributed by atoms with E-state index in [4.69, 9.17) is 30.9 Å². The number of ether oxygens (including phenoxy) is 3. The van der Waals surface area contributed by atoms with Crippen molar-refractivity contribution >= 4 is 34.2 Å². The second-order valence-electron chi connectivity index (χ2n) is 9.11. The zero-order chi connectivity index (χ0) is 24.8. The minimum atomic E-state index is -0.645. The molecule has 2 fully saturated rings. The molecular weight excluding hydrogens is 488 g/mol. The van der Waals surface area contributed by atoms with Crippen molar-refractivity contribution in [3.8, 4) is 17.3 Å². The van der Waals surface area contributed by atoms with Gasteiger partial charge in [-0.1, -0.05) is 41.9 Å². The van der Waals surface area contributed by atoms with Gasteiger partial charge in [-0.3, -0.25) is 4.79 Å². The Morgan fingerprint density at radius 3 is 2.69 bits per heavy atom. The lowest BCUT2D eigenvalue weighted by Gasteiger charge is -2.26. The quantitative estimate of drug-likeness (QED) is 0.472. The Bertz CT molecular complexity index is 1330. The molecule has 4 atom stereocenters. The number of carbonyl (C=O) groups excluding carboxylic acids is 1. The van der Waals surface area contributed by atoms with E-state index < -0.39 is 12.7 Å². The van der Waals surface area contributed by atoms with Crippen LogP contribution in [0.1, 0.15) is 12.0 Å². The van der Waals surface area contributed by atoms with Gasteiger partial charge in [0, 0.05) is 18.7 Å². The van der Waals surface area contributed by atoms with Crippen molar-refractivity contribution in [2.45, 2.75) is 30.8 Å². The summed E-state index contributed by atoms with van der Waals surface area (Å²) in [5.41, 5.74) is 4.80. The number of fused-ring (bicyclic) bond motifs is 2. The van der Waals surface area contributed by atoms with E-state index in [2.05, 4.69) is 15.0 Å². The third-order valence-corrected chi connectivity index (χ3v) is 7.16. The Kier molecular flexibility index (Phi) is 6.14. The van der Waals surface area contributed by atoms with E-state index in [-0.39, 0.29) is 30.8 Å². The maximum atomic E-state index is 11.7. The lowest BCUT2D eigenvalue weighted by atomic mass is 9.97. The van der Waals surface area contributed by atoms with Crippen LogP contribution in [0.3, 0.4) is 0 Å². The Hall–Kier alpha value is -3.02. The van der Waals surface area contributed by atoms with Crippen LogP contribution in [0.15, 0.2) is 36.4 Å². The molecule has 3 aliphatic rings. The van der Waals surface area contributed by atoms with Gasteiger partial charge in [0.15, 0.2) is 11.8 Å². The first-order chi connectivity index (χ1) is 17.5. The molecule has 0 unspecified atom stereocenters. The van der Waals surface area contributed by atoms with Crippen LogP contribution in [0.25, 0.3) is 28.0 Å². The van der Waals surface area contributed by atoms with E-state index in [0.717, 1.165) is 23.1 Å². The van der Waals surface area contributed by atoms with Crippen LogP contribution in [-0.2, 0) is 14.3 Å². The maximum Gasteiger partial charge on any atom is 0.296 e. The zero-order valence-corrected chi connectivity index (χ0v) is 20.0. The fourth-order valence-corrected chi connectivity index (χ4v) is 5.20. The minimum absolute atomic E-state index is 0.230. The summed E-state index contributed by atoms with van der Waals surface area (Å²) < 4.78 is 17.2. The van der Waals surface area contributed by atoms with Gasteiger partial charge in [-0.2, -0.15) is 4.98 Å². The molecule has 0 radical (unpaired) electrons. The van der Waals surface area contributed by atoms with Gasteiger partial charge >= 0.3 is 0 Å². The number of hydrogen-bond acceptors (Lipinski definition) is 8. The smallest absolute Gasteiger partial charge is 0.296 e. The van der Waals surface area contributed by atoms with Gasteiger partial charge in [0.2, 0.25) is 5.91 Å². The van der Waals surface area contributed by atoms with Crippen LogP contribution in [0.5, 0.6) is 6.01 Å². The average Bonchev–Trinajstić information content (AvgIpc) is 3.60. The molecule has 188 valence electrons. The molecule has 5 heterocycles. The van der Waals surface area contributed by atoms with E-state index >= 15 is 0 Å². The van der Waals surface area contributed by atoms with Gasteiger partial charge in [-0.15, -0.1) is 0 Å². The Balaban J connectivity index is 1.19. The lowest BCUT2D eigenvalue weighted by molar-refractivity contribution is -0.133. The van der Waals surface area contributed by atoms with E-state index in [0.29, 0.717) is 47.6 Å². The van der Waals surface area contributed by atoms with Crippen molar-refractivity contribution in [1.82, 2.24) is 19.9 Å². The third-order valence-electron chi connectivity index (χ3n) is 6.88. The van der Waals surface area contributed by atoms with Crippen LogP contribution in [-0.4, -0.2) is 93.3 Å². The number of benzene rings is 1. The molecular formula is C25H25ClN4O6. The molecule has 0 aliphatic carbocycles. The van der Waals surface area contributed by atoms with Gasteiger partial charge in [-0.25, -0.2) is 4.98 Å². The zero-order valence-electron chi connectivity index (χ0n) is 19.3. The summed E-state index contributed by atoms with van der Waals surface area (Å²) in [5.74, 6) is -0.255. The molecule has 3 N–H and O–H groups in total. The number of aromatic nitrogens is 3. The van der Waals surface area contributed by atoms with Gasteiger partial charge in [0.05, 0.1) is 29.4 Å². The monoisotopic (exact) mass is 512 g/mol. The normalized spacial score (nSPS) is 25.8. The number of amides is 1. The molecule has 0 bridgehead atoms. The van der Waals surface area contributed by atoms with Crippen LogP contribution < -0.4 is 4.74 Å². The fourth-order valence-electron chi connectivity index (χ4n) is 4.94. The standard InChI is InChI=1S/C25H25ClN4O6/c26-16-9-17-24(29-25(27-17)36-19-12-35-22-18(32)11-34-23(19)22)28-21(16)15-3-1-13(2-4-15)14-5-7-30(8-6-14)20(33)10-31/h1-5,9,18-19,22-23,31-32H,6-8,10-12H2,(H,27,28,29)/t18-,19-,22-,23-/m1/s1. The molecule has 36 heavy (non-hydrogen) atoms. The first-order valence-corrected chi connectivity index (χ1v) is 12.2. The second kappa shape index (κ2) is 9.45. The van der Waals surface area contributed by atoms with Crippen LogP contribution >= 0.6 is 11.6 Å². The summed E-state index contributed by atoms with van der Waals surface area (Å²) in [6.45, 7) is 1.15. The second-order valence-corrected chi connectivity index (χ2v) is 9.51. The van der Waals surface area contributed by atoms with Crippen LogP contribution in [0.2, 0.25) is 5.02 Å². The van der Waals surface area contributed by atoms with Gasteiger partial charge in [-0.05, 0) is 23.6 Å². The number of aliphatic hydroxyl groups excluding tert-OH is 2. The number of hydrogen-bond donors (Lipinski definition) is 3. The minimum Gasteiger partial charge on any atom is -0.456 e. The maximum absolute atomic E-state index is 11.7. The number of nitrogens with one attached hydrogen (secondary N) is 1. The highest BCUT2D eigenvalue weighted by molar-refractivity contribution is 6.33. The van der Waals surface area contributed by atoms with Crippen LogP contribution in [0, 0.1) is 0 Å². The molecule has 3 aromatic rings. The number of aliphatic hydroxyl groups is 2. The number of carbonyl (C=O) groups is 1. The summed E-state index contributed by atoms with van der Waals surface area (Å²) in [4.78, 5) is 25.5. The van der Waals surface area contributed by atoms with Crippen LogP contribution in [0.4, 0.5) is 0 Å². The molecule has 2 aromatic heterocycles. The predicted molar refractivity (Wildman–Crippen MR) is 130 cm³/mol. The van der Waals surface area contributed by atoms with E-state index in [1.54, 1.807) is 11.0 Å². The third kappa shape index (κ3) is 4.25. The molecule has 3 aliphatic heterocycles. The Labute approximate surface area is 211 Å². The average molecular weight is 513 g/mol. The molecule has 11 heteroatoms. The van der Waals surface area contributed by atoms with Crippen molar-refractivity contribution in [3.63, 3.8) is 0 Å². The molecule has 0 saturated carbocycles. The molecule has 0 spiro atoms. The number of pyridine rings is 1. The van der Waals surface area contributed by atoms with Gasteiger partial charge < -0.3 is 34.3 Å². The molecule has 1 amide bonds. The Morgan fingerprint density at radius 2 is 1.94 bits per heavy atom. The molecule has 6 rings (SSSR count). The fraction of sp³-hybridized carbons (Fsp3) is 0.400. The van der Waals surface area contributed by atoms with Gasteiger partial charge in [0.25, 0.3) is 6.01 Å². The molecule has 2 saturated heterocycles. The summed E-state index contributed by atoms with van der Waals surface area (Å²) in [6, 6.07) is 10.0. The summed E-state index contributed by atoms with van der Waals surface area (Å²) in [6.07, 6.45) is 1.00. The van der Waals surface area contributed by atoms with Crippen molar-refractivity contribution in [2.24, 2.45) is 0 Å². The predicted octanol–water partition coefficient (Wildman–Crippen LogP) is 1.79. The summed E-state index contributed by atoms with van der Waals surface area (Å²) in [7, 11) is 0. The largest absolute Gasteiger partial charge is 0.456 e. The highest BCUT2D eigenvalue weighted by atomic mass is 35.5. The number of imidazole rings is 1. The van der Waals surface area contributed by atoms with Crippen molar-refractivity contribution in [3.05, 3.63) is 47.0 Å². The highest BCUT2D eigenvalue weighted by Crippen LogP contribution is 2.33. The Morgan fingerprint density at radius 1 is 1.17 bits per heavy atom. The summed E-state index contributed by atoms with van der Waals surface area (Å²) >= 11 is 6.57. The number of rotatable bonds is 5. The van der Waals surface area contributed by atoms with Crippen molar-refractivity contribution < 1.29 is 29.2 Å². The lowest BCUT2D eigenvalue weighted by Crippen LogP contribution is -2.36. The summed E-state index contributed by atoms with van der Waals surface area (Å²) in [5, 5.41) is 19.4. The number of nitrogens with zero attached hydrogens (tertiary/aromatic N) is 3. The first-order valence-electron chi connectivity index (χ1n) is 11.8. The van der Waals surface area contributed by atoms with Crippen molar-refractivity contribution in [2.75, 3.05) is 32.9 Å². The van der Waals surface area contributed by atoms with E-state index in [1.165, 1.54) is 0 Å². The van der Waals surface area contributed by atoms with Crippen molar-refractivity contribution in [1.29, 1.82) is 0 Å². The number of halogens is 1.